The fourth-order valence-electron chi connectivity index (χ4n) is 3.65. The van der Waals surface area contributed by atoms with Gasteiger partial charge in [0, 0.05) is 49.2 Å². The lowest BCUT2D eigenvalue weighted by Gasteiger charge is -2.25. The van der Waals surface area contributed by atoms with Gasteiger partial charge in [-0.15, -0.1) is 0 Å². The van der Waals surface area contributed by atoms with E-state index in [2.05, 4.69) is 25.8 Å². The van der Waals surface area contributed by atoms with Gasteiger partial charge in [0.15, 0.2) is 0 Å². The largest absolute Gasteiger partial charge is 0.358 e. The van der Waals surface area contributed by atoms with Crippen LogP contribution in [0.4, 0.5) is 0 Å². The number of amides is 2. The number of hydrogen-bond donors (Lipinski definition) is 1. The van der Waals surface area contributed by atoms with E-state index in [1.165, 1.54) is 0 Å². The SMILES string of the molecule is Cc1[nH]c2ccccc2c1C(=O)N1CCCN(C(=O)CC(C)(C)C)CC1. The number of nitrogens with one attached hydrogen (secondary N) is 1. The molecule has 1 aliphatic heterocycles. The van der Waals surface area contributed by atoms with Gasteiger partial charge in [-0.1, -0.05) is 39.0 Å². The van der Waals surface area contributed by atoms with Crippen LogP contribution in [0.2, 0.25) is 0 Å². The molecule has 0 radical (unpaired) electrons. The number of aryl methyl sites for hydroxylation is 1. The minimum Gasteiger partial charge on any atom is -0.358 e. The average molecular weight is 355 g/mol. The molecule has 1 saturated heterocycles. The second kappa shape index (κ2) is 7.14. The zero-order chi connectivity index (χ0) is 18.9. The van der Waals surface area contributed by atoms with E-state index in [-0.39, 0.29) is 17.2 Å². The van der Waals surface area contributed by atoms with Crippen LogP contribution >= 0.6 is 0 Å². The molecule has 0 atom stereocenters. The fourth-order valence-corrected chi connectivity index (χ4v) is 3.65. The standard InChI is InChI=1S/C21H29N3O2/c1-15-19(16-8-5-6-9-17(16)22-15)20(26)24-11-7-10-23(12-13-24)18(25)14-21(2,3)4/h5-6,8-9,22H,7,10-14H2,1-4H3. The van der Waals surface area contributed by atoms with Crippen LogP contribution in [-0.2, 0) is 4.79 Å². The summed E-state index contributed by atoms with van der Waals surface area (Å²) in [5, 5.41) is 0.972. The van der Waals surface area contributed by atoms with E-state index in [9.17, 15) is 9.59 Å². The summed E-state index contributed by atoms with van der Waals surface area (Å²) in [7, 11) is 0. The number of aromatic amines is 1. The van der Waals surface area contributed by atoms with Crippen molar-refractivity contribution in [2.45, 2.75) is 40.5 Å². The van der Waals surface area contributed by atoms with E-state index in [1.807, 2.05) is 41.0 Å². The Hall–Kier alpha value is -2.30. The number of aromatic nitrogens is 1. The summed E-state index contributed by atoms with van der Waals surface area (Å²) >= 11 is 0. The number of rotatable bonds is 2. The molecule has 2 aromatic rings. The van der Waals surface area contributed by atoms with E-state index in [0.717, 1.165) is 35.1 Å². The van der Waals surface area contributed by atoms with Gasteiger partial charge in [0.05, 0.1) is 5.56 Å². The lowest BCUT2D eigenvalue weighted by Crippen LogP contribution is -2.38. The van der Waals surface area contributed by atoms with Crippen molar-refractivity contribution >= 4 is 22.7 Å². The number of para-hydroxylation sites is 1. The van der Waals surface area contributed by atoms with Crippen LogP contribution in [-0.4, -0.2) is 52.8 Å². The highest BCUT2D eigenvalue weighted by Gasteiger charge is 2.27. The Morgan fingerprint density at radius 1 is 1.04 bits per heavy atom. The minimum absolute atomic E-state index is 0.0138. The third-order valence-corrected chi connectivity index (χ3v) is 4.92. The summed E-state index contributed by atoms with van der Waals surface area (Å²) in [6.45, 7) is 10.8. The smallest absolute Gasteiger partial charge is 0.256 e. The van der Waals surface area contributed by atoms with E-state index in [4.69, 9.17) is 0 Å². The summed E-state index contributed by atoms with van der Waals surface area (Å²) in [6.07, 6.45) is 1.37. The molecule has 1 aromatic heterocycles. The number of fused-ring (bicyclic) bond motifs is 1. The quantitative estimate of drug-likeness (QED) is 0.895. The van der Waals surface area contributed by atoms with E-state index in [0.29, 0.717) is 26.1 Å². The second-order valence-electron chi connectivity index (χ2n) is 8.43. The molecule has 1 N–H and O–H groups in total. The first kappa shape index (κ1) is 18.5. The van der Waals surface area contributed by atoms with E-state index < -0.39 is 0 Å². The van der Waals surface area contributed by atoms with Gasteiger partial charge in [0.25, 0.3) is 5.91 Å². The Morgan fingerprint density at radius 2 is 1.69 bits per heavy atom. The Balaban J connectivity index is 1.73. The Labute approximate surface area is 155 Å². The lowest BCUT2D eigenvalue weighted by molar-refractivity contribution is -0.132. The van der Waals surface area contributed by atoms with Crippen LogP contribution in [0.25, 0.3) is 10.9 Å². The Morgan fingerprint density at radius 3 is 2.42 bits per heavy atom. The number of carbonyl (C=O) groups excluding carboxylic acids is 2. The van der Waals surface area contributed by atoms with Gasteiger partial charge in [0.2, 0.25) is 5.91 Å². The maximum atomic E-state index is 13.2. The molecule has 0 unspecified atom stereocenters. The average Bonchev–Trinajstić information content (AvgIpc) is 2.73. The maximum absolute atomic E-state index is 13.2. The molecule has 1 aromatic carbocycles. The predicted octanol–water partition coefficient (Wildman–Crippen LogP) is 3.59. The molecule has 0 spiro atoms. The Bertz CT molecular complexity index is 816. The normalized spacial score (nSPS) is 16.0. The van der Waals surface area contributed by atoms with Gasteiger partial charge in [-0.3, -0.25) is 9.59 Å². The molecule has 26 heavy (non-hydrogen) atoms. The third-order valence-electron chi connectivity index (χ3n) is 4.92. The van der Waals surface area contributed by atoms with Gasteiger partial charge in [-0.05, 0) is 24.8 Å². The van der Waals surface area contributed by atoms with Crippen LogP contribution in [0.5, 0.6) is 0 Å². The molecule has 2 heterocycles. The van der Waals surface area contributed by atoms with Crippen molar-refractivity contribution in [3.8, 4) is 0 Å². The molecule has 3 rings (SSSR count). The zero-order valence-corrected chi connectivity index (χ0v) is 16.3. The molecule has 140 valence electrons. The van der Waals surface area contributed by atoms with Crippen LogP contribution in [0.1, 0.15) is 49.7 Å². The molecular formula is C21H29N3O2. The number of H-pyrrole nitrogens is 1. The van der Waals surface area contributed by atoms with Crippen molar-refractivity contribution in [3.05, 3.63) is 35.5 Å². The van der Waals surface area contributed by atoms with Crippen LogP contribution in [0, 0.1) is 12.3 Å². The summed E-state index contributed by atoms with van der Waals surface area (Å²) in [5.74, 6) is 0.250. The molecule has 0 aliphatic carbocycles. The van der Waals surface area contributed by atoms with Crippen molar-refractivity contribution in [2.75, 3.05) is 26.2 Å². The highest BCUT2D eigenvalue weighted by Crippen LogP contribution is 2.24. The summed E-state index contributed by atoms with van der Waals surface area (Å²) in [5.41, 5.74) is 2.64. The Kier molecular flexibility index (Phi) is 5.08. The minimum atomic E-state index is -0.0138. The van der Waals surface area contributed by atoms with Crippen molar-refractivity contribution in [2.24, 2.45) is 5.41 Å². The van der Waals surface area contributed by atoms with Crippen molar-refractivity contribution < 1.29 is 9.59 Å². The first-order chi connectivity index (χ1) is 12.3. The van der Waals surface area contributed by atoms with Crippen LogP contribution in [0.3, 0.4) is 0 Å². The number of hydrogen-bond acceptors (Lipinski definition) is 2. The first-order valence-corrected chi connectivity index (χ1v) is 9.40. The molecule has 1 fully saturated rings. The highest BCUT2D eigenvalue weighted by atomic mass is 16.2. The molecule has 5 heteroatoms. The monoisotopic (exact) mass is 355 g/mol. The van der Waals surface area contributed by atoms with Crippen molar-refractivity contribution in [1.82, 2.24) is 14.8 Å². The van der Waals surface area contributed by atoms with E-state index >= 15 is 0 Å². The third kappa shape index (κ3) is 3.92. The zero-order valence-electron chi connectivity index (χ0n) is 16.3. The predicted molar refractivity (Wildman–Crippen MR) is 104 cm³/mol. The summed E-state index contributed by atoms with van der Waals surface area (Å²) < 4.78 is 0. The van der Waals surface area contributed by atoms with Crippen LogP contribution < -0.4 is 0 Å². The van der Waals surface area contributed by atoms with Gasteiger partial charge >= 0.3 is 0 Å². The lowest BCUT2D eigenvalue weighted by atomic mass is 9.91. The first-order valence-electron chi connectivity index (χ1n) is 9.40. The number of carbonyl (C=O) groups is 2. The molecule has 5 nitrogen and oxygen atoms in total. The second-order valence-corrected chi connectivity index (χ2v) is 8.43. The van der Waals surface area contributed by atoms with Gasteiger partial charge < -0.3 is 14.8 Å². The molecular weight excluding hydrogens is 326 g/mol. The van der Waals surface area contributed by atoms with E-state index in [1.54, 1.807) is 0 Å². The topological polar surface area (TPSA) is 56.4 Å². The van der Waals surface area contributed by atoms with Crippen molar-refractivity contribution in [1.29, 1.82) is 0 Å². The fraction of sp³-hybridized carbons (Fsp3) is 0.524. The van der Waals surface area contributed by atoms with Gasteiger partial charge in [0.1, 0.15) is 0 Å². The summed E-state index contributed by atoms with van der Waals surface area (Å²) in [4.78, 5) is 32.8. The van der Waals surface area contributed by atoms with Gasteiger partial charge in [-0.2, -0.15) is 0 Å². The molecule has 0 bridgehead atoms. The number of benzene rings is 1. The maximum Gasteiger partial charge on any atom is 0.256 e. The molecule has 1 aliphatic rings. The van der Waals surface area contributed by atoms with Crippen LogP contribution in [0.15, 0.2) is 24.3 Å². The highest BCUT2D eigenvalue weighted by molar-refractivity contribution is 6.08. The summed E-state index contributed by atoms with van der Waals surface area (Å²) in [6, 6.07) is 7.91. The van der Waals surface area contributed by atoms with Gasteiger partial charge in [-0.25, -0.2) is 0 Å². The number of nitrogens with zero attached hydrogens (tertiary/aromatic N) is 2. The molecule has 2 amide bonds. The van der Waals surface area contributed by atoms with Crippen molar-refractivity contribution in [3.63, 3.8) is 0 Å². The molecule has 0 saturated carbocycles.